The highest BCUT2D eigenvalue weighted by molar-refractivity contribution is 7.89. The Labute approximate surface area is 190 Å². The molecule has 32 heavy (non-hydrogen) atoms. The van der Waals surface area contributed by atoms with Crippen molar-refractivity contribution >= 4 is 15.9 Å². The molecule has 0 aromatic heterocycles. The quantitative estimate of drug-likeness (QED) is 0.585. The maximum Gasteiger partial charge on any atom is 0.247 e. The molecule has 9 nitrogen and oxygen atoms in total. The molecule has 1 aromatic rings. The number of nitrogens with zero attached hydrogens (tertiary/aromatic N) is 4. The molecule has 178 valence electrons. The van der Waals surface area contributed by atoms with Crippen molar-refractivity contribution < 1.29 is 22.7 Å². The molecule has 1 aromatic carbocycles. The van der Waals surface area contributed by atoms with Crippen LogP contribution in [-0.4, -0.2) is 112 Å². The number of sulfonamides is 1. The molecule has 3 heterocycles. The lowest BCUT2D eigenvalue weighted by Crippen LogP contribution is -2.52. The van der Waals surface area contributed by atoms with Gasteiger partial charge in [-0.2, -0.15) is 4.31 Å². The molecular weight excluding hydrogens is 432 g/mol. The van der Waals surface area contributed by atoms with Gasteiger partial charge in [-0.25, -0.2) is 8.42 Å². The van der Waals surface area contributed by atoms with E-state index in [0.29, 0.717) is 31.4 Å². The summed E-state index contributed by atoms with van der Waals surface area (Å²) in [4.78, 5) is 19.5. The number of likely N-dealkylation sites (tertiary alicyclic amines) is 2. The summed E-state index contributed by atoms with van der Waals surface area (Å²) in [5, 5.41) is 0. The van der Waals surface area contributed by atoms with Gasteiger partial charge in [0.1, 0.15) is 16.4 Å². The molecule has 3 aliphatic heterocycles. The molecule has 3 saturated heterocycles. The Hall–Kier alpha value is -1.88. The number of methoxy groups -OCH3 is 2. The fourth-order valence-corrected chi connectivity index (χ4v) is 6.55. The summed E-state index contributed by atoms with van der Waals surface area (Å²) in [6, 6.07) is 5.32. The molecule has 0 saturated carbocycles. The van der Waals surface area contributed by atoms with E-state index in [1.165, 1.54) is 50.5 Å². The molecule has 3 aliphatic rings. The second kappa shape index (κ2) is 9.94. The Balaban J connectivity index is 1.32. The van der Waals surface area contributed by atoms with Crippen LogP contribution in [0.1, 0.15) is 19.3 Å². The summed E-state index contributed by atoms with van der Waals surface area (Å²) in [5.74, 6) is 0.824. The Morgan fingerprint density at radius 2 is 1.72 bits per heavy atom. The van der Waals surface area contributed by atoms with Crippen molar-refractivity contribution in [3.05, 3.63) is 18.2 Å². The first-order valence-corrected chi connectivity index (χ1v) is 12.8. The summed E-state index contributed by atoms with van der Waals surface area (Å²) in [6.45, 7) is 6.02. The largest absolute Gasteiger partial charge is 0.497 e. The zero-order valence-electron chi connectivity index (χ0n) is 19.0. The average Bonchev–Trinajstić information content (AvgIpc) is 3.51. The fourth-order valence-electron chi connectivity index (χ4n) is 4.95. The number of carbonyl (C=O) groups excluding carboxylic acids is 1. The maximum atomic E-state index is 13.2. The Morgan fingerprint density at radius 3 is 2.38 bits per heavy atom. The van der Waals surface area contributed by atoms with Gasteiger partial charge in [0.05, 0.1) is 20.8 Å². The van der Waals surface area contributed by atoms with E-state index >= 15 is 0 Å². The minimum atomic E-state index is -3.75. The average molecular weight is 467 g/mol. The van der Waals surface area contributed by atoms with Crippen molar-refractivity contribution in [3.63, 3.8) is 0 Å². The van der Waals surface area contributed by atoms with Crippen molar-refractivity contribution in [2.45, 2.75) is 30.2 Å². The lowest BCUT2D eigenvalue weighted by molar-refractivity contribution is -0.133. The predicted molar refractivity (Wildman–Crippen MR) is 121 cm³/mol. The van der Waals surface area contributed by atoms with Crippen molar-refractivity contribution in [3.8, 4) is 11.5 Å². The highest BCUT2D eigenvalue weighted by atomic mass is 32.2. The third-order valence-corrected chi connectivity index (χ3v) is 8.76. The van der Waals surface area contributed by atoms with Crippen molar-refractivity contribution in [1.82, 2.24) is 19.0 Å². The van der Waals surface area contributed by atoms with Crippen molar-refractivity contribution in [1.29, 1.82) is 0 Å². The summed E-state index contributed by atoms with van der Waals surface area (Å²) in [7, 11) is -0.806. The molecule has 0 aliphatic carbocycles. The zero-order chi connectivity index (χ0) is 22.7. The highest BCUT2D eigenvalue weighted by Gasteiger charge is 2.34. The minimum Gasteiger partial charge on any atom is -0.497 e. The minimum absolute atomic E-state index is 0.0862. The standard InChI is InChI=1S/C22H34N4O5S/c1-30-19-5-6-20(31-2)21(15-19)32(28,29)26-13-11-25(12-14-26)22(27)17-23-10-7-18(16-23)24-8-3-4-9-24/h5-6,15,18H,3-4,7-14,16-17H2,1-2H3. The van der Waals surface area contributed by atoms with E-state index in [2.05, 4.69) is 9.80 Å². The fraction of sp³-hybridized carbons (Fsp3) is 0.682. The molecule has 10 heteroatoms. The number of ether oxygens (including phenoxy) is 2. The zero-order valence-corrected chi connectivity index (χ0v) is 19.8. The van der Waals surface area contributed by atoms with Crippen LogP contribution >= 0.6 is 0 Å². The lowest BCUT2D eigenvalue weighted by Gasteiger charge is -2.35. The van der Waals surface area contributed by atoms with Gasteiger partial charge in [-0.1, -0.05) is 0 Å². The SMILES string of the molecule is COc1ccc(OC)c(S(=O)(=O)N2CCN(C(=O)CN3CCC(N4CCCC4)C3)CC2)c1. The third kappa shape index (κ3) is 4.88. The second-order valence-corrected chi connectivity index (χ2v) is 10.6. The van der Waals surface area contributed by atoms with Gasteiger partial charge < -0.3 is 14.4 Å². The first kappa shape index (κ1) is 23.3. The number of carbonyl (C=O) groups is 1. The summed E-state index contributed by atoms with van der Waals surface area (Å²) < 4.78 is 38.3. The topological polar surface area (TPSA) is 82.6 Å². The molecular formula is C22H34N4O5S. The van der Waals surface area contributed by atoms with Gasteiger partial charge >= 0.3 is 0 Å². The van der Waals surface area contributed by atoms with E-state index in [0.717, 1.165) is 19.5 Å². The molecule has 0 bridgehead atoms. The van der Waals surface area contributed by atoms with E-state index in [-0.39, 0.29) is 29.6 Å². The van der Waals surface area contributed by atoms with Crippen LogP contribution in [0.15, 0.2) is 23.1 Å². The molecule has 0 spiro atoms. The van der Waals surface area contributed by atoms with Gasteiger partial charge in [0, 0.05) is 51.4 Å². The van der Waals surface area contributed by atoms with Gasteiger partial charge in [0.2, 0.25) is 15.9 Å². The number of hydrogen-bond donors (Lipinski definition) is 0. The summed E-state index contributed by atoms with van der Waals surface area (Å²) >= 11 is 0. The van der Waals surface area contributed by atoms with Crippen LogP contribution in [-0.2, 0) is 14.8 Å². The van der Waals surface area contributed by atoms with Gasteiger partial charge in [-0.3, -0.25) is 14.6 Å². The molecule has 0 N–H and O–H groups in total. The lowest BCUT2D eigenvalue weighted by atomic mass is 10.2. The van der Waals surface area contributed by atoms with Gasteiger partial charge in [0.15, 0.2) is 0 Å². The second-order valence-electron chi connectivity index (χ2n) is 8.72. The Bertz CT molecular complexity index is 911. The molecule has 1 atom stereocenters. The number of benzene rings is 1. The molecule has 3 fully saturated rings. The van der Waals surface area contributed by atoms with Crippen molar-refractivity contribution in [2.75, 3.05) is 73.1 Å². The normalized spacial score (nSPS) is 23.6. The van der Waals surface area contributed by atoms with Gasteiger partial charge in [0.25, 0.3) is 0 Å². The first-order valence-electron chi connectivity index (χ1n) is 11.4. The summed E-state index contributed by atoms with van der Waals surface area (Å²) in [6.07, 6.45) is 3.69. The van der Waals surface area contributed by atoms with Crippen LogP contribution in [0.4, 0.5) is 0 Å². The van der Waals surface area contributed by atoms with Crippen LogP contribution in [0.3, 0.4) is 0 Å². The van der Waals surface area contributed by atoms with E-state index in [9.17, 15) is 13.2 Å². The highest BCUT2D eigenvalue weighted by Crippen LogP contribution is 2.31. The Morgan fingerprint density at radius 1 is 1.00 bits per heavy atom. The van der Waals surface area contributed by atoms with Crippen LogP contribution in [0, 0.1) is 0 Å². The maximum absolute atomic E-state index is 13.2. The van der Waals surface area contributed by atoms with Crippen molar-refractivity contribution in [2.24, 2.45) is 0 Å². The molecule has 1 amide bonds. The molecule has 4 rings (SSSR count). The van der Waals surface area contributed by atoms with Gasteiger partial charge in [-0.15, -0.1) is 0 Å². The van der Waals surface area contributed by atoms with Crippen LogP contribution in [0.2, 0.25) is 0 Å². The number of rotatable bonds is 7. The van der Waals surface area contributed by atoms with E-state index < -0.39 is 10.0 Å². The van der Waals surface area contributed by atoms with Gasteiger partial charge in [-0.05, 0) is 44.5 Å². The van der Waals surface area contributed by atoms with Crippen LogP contribution < -0.4 is 9.47 Å². The number of piperazine rings is 1. The third-order valence-electron chi connectivity index (χ3n) is 6.84. The Kier molecular flexibility index (Phi) is 7.24. The number of hydrogen-bond acceptors (Lipinski definition) is 7. The predicted octanol–water partition coefficient (Wildman–Crippen LogP) is 0.707. The van der Waals surface area contributed by atoms with Crippen LogP contribution in [0.5, 0.6) is 11.5 Å². The van der Waals surface area contributed by atoms with E-state index in [4.69, 9.17) is 9.47 Å². The van der Waals surface area contributed by atoms with E-state index in [1.54, 1.807) is 17.0 Å². The first-order chi connectivity index (χ1) is 15.4. The molecule has 0 radical (unpaired) electrons. The monoisotopic (exact) mass is 466 g/mol. The number of amides is 1. The molecule has 1 unspecified atom stereocenters. The smallest absolute Gasteiger partial charge is 0.247 e. The summed E-state index contributed by atoms with van der Waals surface area (Å²) in [5.41, 5.74) is 0. The van der Waals surface area contributed by atoms with Crippen LogP contribution in [0.25, 0.3) is 0 Å². The van der Waals surface area contributed by atoms with E-state index in [1.807, 2.05) is 0 Å².